The fourth-order valence-electron chi connectivity index (χ4n) is 4.24. The van der Waals surface area contributed by atoms with Gasteiger partial charge in [-0.3, -0.25) is 4.40 Å². The molecule has 0 aliphatic carbocycles. The molecule has 1 aromatic carbocycles. The molecule has 1 fully saturated rings. The number of nitrogens with zero attached hydrogens (tertiary/aromatic N) is 6. The van der Waals surface area contributed by atoms with Crippen LogP contribution < -0.4 is 15.1 Å². The number of nitriles is 1. The first kappa shape index (κ1) is 21.4. The van der Waals surface area contributed by atoms with Crippen molar-refractivity contribution in [3.05, 3.63) is 59.0 Å². The van der Waals surface area contributed by atoms with E-state index in [0.29, 0.717) is 11.3 Å². The number of rotatable bonds is 5. The maximum Gasteiger partial charge on any atom is 0.191 e. The summed E-state index contributed by atoms with van der Waals surface area (Å²) in [6, 6.07) is 10.5. The van der Waals surface area contributed by atoms with Gasteiger partial charge in [0.05, 0.1) is 28.7 Å². The Morgan fingerprint density at radius 1 is 1.21 bits per heavy atom. The van der Waals surface area contributed by atoms with E-state index in [0.717, 1.165) is 54.9 Å². The molecule has 1 saturated heterocycles. The highest BCUT2D eigenvalue weighted by atomic mass is 32.1. The summed E-state index contributed by atoms with van der Waals surface area (Å²) in [6.07, 6.45) is 2.94. The van der Waals surface area contributed by atoms with Crippen molar-refractivity contribution in [2.24, 2.45) is 0 Å². The number of anilines is 3. The monoisotopic (exact) mass is 461 g/mol. The predicted octanol–water partition coefficient (Wildman–Crippen LogP) is 4.21. The SMILES string of the molecule is CCc1nc2ccc(N3CCNCC3)cn2c1N(C)c1nc(-c2ccc(F)cc2C#N)cs1. The molecular formula is C24H24FN7S. The minimum absolute atomic E-state index is 0.277. The van der Waals surface area contributed by atoms with Crippen LogP contribution in [0.15, 0.2) is 41.9 Å². The Kier molecular flexibility index (Phi) is 5.70. The Hall–Kier alpha value is -3.48. The second-order valence-electron chi connectivity index (χ2n) is 7.96. The molecule has 0 radical (unpaired) electrons. The van der Waals surface area contributed by atoms with Gasteiger partial charge in [0.1, 0.15) is 17.3 Å². The van der Waals surface area contributed by atoms with Crippen LogP contribution in [-0.2, 0) is 6.42 Å². The van der Waals surface area contributed by atoms with Crippen LogP contribution in [0.25, 0.3) is 16.9 Å². The smallest absolute Gasteiger partial charge is 0.191 e. The van der Waals surface area contributed by atoms with E-state index in [4.69, 9.17) is 9.97 Å². The molecule has 0 spiro atoms. The van der Waals surface area contributed by atoms with E-state index >= 15 is 0 Å². The molecule has 1 aliphatic heterocycles. The zero-order valence-corrected chi connectivity index (χ0v) is 19.4. The number of nitrogens with one attached hydrogen (secondary N) is 1. The normalized spacial score (nSPS) is 13.9. The van der Waals surface area contributed by atoms with Crippen LogP contribution in [-0.4, -0.2) is 47.6 Å². The molecule has 9 heteroatoms. The van der Waals surface area contributed by atoms with Crippen molar-refractivity contribution in [2.45, 2.75) is 13.3 Å². The molecule has 0 unspecified atom stereocenters. The molecule has 33 heavy (non-hydrogen) atoms. The lowest BCUT2D eigenvalue weighted by Crippen LogP contribution is -2.43. The summed E-state index contributed by atoms with van der Waals surface area (Å²) in [4.78, 5) is 14.1. The molecule has 168 valence electrons. The zero-order chi connectivity index (χ0) is 22.9. The first-order valence-electron chi connectivity index (χ1n) is 10.9. The van der Waals surface area contributed by atoms with Gasteiger partial charge >= 0.3 is 0 Å². The summed E-state index contributed by atoms with van der Waals surface area (Å²) in [7, 11) is 1.98. The van der Waals surface area contributed by atoms with Gasteiger partial charge in [-0.2, -0.15) is 5.26 Å². The number of benzene rings is 1. The number of aryl methyl sites for hydroxylation is 1. The number of aromatic nitrogens is 3. The van der Waals surface area contributed by atoms with Crippen LogP contribution in [0.2, 0.25) is 0 Å². The lowest BCUT2D eigenvalue weighted by molar-refractivity contribution is 0.588. The highest BCUT2D eigenvalue weighted by Gasteiger charge is 2.21. The van der Waals surface area contributed by atoms with E-state index < -0.39 is 5.82 Å². The van der Waals surface area contributed by atoms with E-state index in [-0.39, 0.29) is 5.56 Å². The number of hydrogen-bond donors (Lipinski definition) is 1. The molecule has 7 nitrogen and oxygen atoms in total. The fraction of sp³-hybridized carbons (Fsp3) is 0.292. The van der Waals surface area contributed by atoms with Gasteiger partial charge in [0.2, 0.25) is 0 Å². The average Bonchev–Trinajstić information content (AvgIpc) is 3.48. The minimum atomic E-state index is -0.429. The zero-order valence-electron chi connectivity index (χ0n) is 18.5. The predicted molar refractivity (Wildman–Crippen MR) is 130 cm³/mol. The molecule has 5 rings (SSSR count). The van der Waals surface area contributed by atoms with Crippen LogP contribution in [0.5, 0.6) is 0 Å². The molecule has 4 heterocycles. The Labute approximate surface area is 195 Å². The molecule has 1 aliphatic rings. The van der Waals surface area contributed by atoms with Crippen molar-refractivity contribution >= 4 is 33.6 Å². The van der Waals surface area contributed by atoms with Crippen molar-refractivity contribution in [3.8, 4) is 17.3 Å². The number of halogens is 1. The molecule has 0 amide bonds. The summed E-state index contributed by atoms with van der Waals surface area (Å²) < 4.78 is 15.7. The van der Waals surface area contributed by atoms with Crippen LogP contribution in [0.1, 0.15) is 18.2 Å². The second kappa shape index (κ2) is 8.81. The van der Waals surface area contributed by atoms with Gasteiger partial charge in [-0.1, -0.05) is 6.92 Å². The molecular weight excluding hydrogens is 437 g/mol. The van der Waals surface area contributed by atoms with E-state index in [2.05, 4.69) is 45.9 Å². The lowest BCUT2D eigenvalue weighted by Gasteiger charge is -2.29. The molecule has 0 bridgehead atoms. The maximum atomic E-state index is 13.6. The number of imidazole rings is 1. The summed E-state index contributed by atoms with van der Waals surface area (Å²) in [5.74, 6) is 0.548. The minimum Gasteiger partial charge on any atom is -0.368 e. The molecule has 0 atom stereocenters. The summed E-state index contributed by atoms with van der Waals surface area (Å²) in [5.41, 5.74) is 4.63. The van der Waals surface area contributed by atoms with Gasteiger partial charge in [-0.25, -0.2) is 14.4 Å². The van der Waals surface area contributed by atoms with Crippen LogP contribution >= 0.6 is 11.3 Å². The molecule has 1 N–H and O–H groups in total. The number of hydrogen-bond acceptors (Lipinski definition) is 7. The third-order valence-corrected chi connectivity index (χ3v) is 6.86. The third-order valence-electron chi connectivity index (χ3n) is 5.94. The summed E-state index contributed by atoms with van der Waals surface area (Å²) >= 11 is 1.49. The van der Waals surface area contributed by atoms with Crippen LogP contribution in [0.3, 0.4) is 0 Å². The first-order valence-corrected chi connectivity index (χ1v) is 11.8. The fourth-order valence-corrected chi connectivity index (χ4v) is 5.03. The first-order chi connectivity index (χ1) is 16.1. The quantitative estimate of drug-likeness (QED) is 0.480. The lowest BCUT2D eigenvalue weighted by atomic mass is 10.1. The van der Waals surface area contributed by atoms with Gasteiger partial charge in [0.25, 0.3) is 0 Å². The Bertz CT molecular complexity index is 1350. The Morgan fingerprint density at radius 3 is 2.79 bits per heavy atom. The van der Waals surface area contributed by atoms with Gasteiger partial charge in [-0.15, -0.1) is 11.3 Å². The van der Waals surface area contributed by atoms with Crippen molar-refractivity contribution in [3.63, 3.8) is 0 Å². The standard InChI is InChI=1S/C24H24FN7S/c1-3-20-23(32-14-18(5-7-22(32)28-20)31-10-8-27-9-11-31)30(2)24-29-21(15-33-24)19-6-4-17(25)12-16(19)13-26/h4-7,12,14-15,27H,3,8-11H2,1-2H3. The van der Waals surface area contributed by atoms with E-state index in [1.54, 1.807) is 6.07 Å². The van der Waals surface area contributed by atoms with Crippen molar-refractivity contribution < 1.29 is 4.39 Å². The number of fused-ring (bicyclic) bond motifs is 1. The second-order valence-corrected chi connectivity index (χ2v) is 8.80. The van der Waals surface area contributed by atoms with Gasteiger partial charge in [0.15, 0.2) is 5.13 Å². The topological polar surface area (TPSA) is 72.5 Å². The van der Waals surface area contributed by atoms with Crippen molar-refractivity contribution in [1.82, 2.24) is 19.7 Å². The number of piperazine rings is 1. The van der Waals surface area contributed by atoms with Crippen LogP contribution in [0.4, 0.5) is 21.0 Å². The highest BCUT2D eigenvalue weighted by Crippen LogP contribution is 2.35. The largest absolute Gasteiger partial charge is 0.368 e. The summed E-state index contributed by atoms with van der Waals surface area (Å²) in [5, 5.41) is 15.5. The third kappa shape index (κ3) is 3.92. The van der Waals surface area contributed by atoms with Crippen molar-refractivity contribution in [2.75, 3.05) is 43.0 Å². The Balaban J connectivity index is 1.54. The molecule has 3 aromatic heterocycles. The number of thiazole rings is 1. The Morgan fingerprint density at radius 2 is 2.03 bits per heavy atom. The van der Waals surface area contributed by atoms with Crippen molar-refractivity contribution in [1.29, 1.82) is 5.26 Å². The van der Waals surface area contributed by atoms with Gasteiger partial charge in [-0.05, 0) is 36.8 Å². The van der Waals surface area contributed by atoms with E-state index in [1.165, 1.54) is 29.2 Å². The average molecular weight is 462 g/mol. The van der Waals surface area contributed by atoms with E-state index in [9.17, 15) is 9.65 Å². The van der Waals surface area contributed by atoms with Gasteiger partial charge < -0.3 is 15.1 Å². The van der Waals surface area contributed by atoms with Crippen LogP contribution in [0, 0.1) is 17.1 Å². The maximum absolute atomic E-state index is 13.6. The highest BCUT2D eigenvalue weighted by molar-refractivity contribution is 7.14. The summed E-state index contributed by atoms with van der Waals surface area (Å²) in [6.45, 7) is 6.00. The van der Waals surface area contributed by atoms with E-state index in [1.807, 2.05) is 17.3 Å². The molecule has 4 aromatic rings. The van der Waals surface area contributed by atoms with Gasteiger partial charge in [0, 0.05) is 50.4 Å². The molecule has 0 saturated carbocycles. The number of pyridine rings is 1.